The molecule has 9 heteroatoms. The van der Waals surface area contributed by atoms with E-state index in [-0.39, 0.29) is 18.9 Å². The second-order valence-electron chi connectivity index (χ2n) is 9.33. The number of amides is 2. The molecule has 1 aliphatic heterocycles. The first-order chi connectivity index (χ1) is 18.3. The molecule has 3 unspecified atom stereocenters. The summed E-state index contributed by atoms with van der Waals surface area (Å²) in [5, 5.41) is 2.35. The molecular formula is C29H35ClN2O5S. The van der Waals surface area contributed by atoms with Gasteiger partial charge in [-0.05, 0) is 37.0 Å². The van der Waals surface area contributed by atoms with Crippen molar-refractivity contribution in [2.24, 2.45) is 0 Å². The van der Waals surface area contributed by atoms with E-state index < -0.39 is 33.2 Å². The van der Waals surface area contributed by atoms with Crippen LogP contribution in [-0.4, -0.2) is 51.8 Å². The van der Waals surface area contributed by atoms with E-state index in [1.807, 2.05) is 24.3 Å². The van der Waals surface area contributed by atoms with Crippen LogP contribution < -0.4 is 5.32 Å². The lowest BCUT2D eigenvalue weighted by Crippen LogP contribution is -2.68. The molecular weight excluding hydrogens is 524 g/mol. The molecule has 0 bridgehead atoms. The summed E-state index contributed by atoms with van der Waals surface area (Å²) in [6, 6.07) is 16.4. The summed E-state index contributed by atoms with van der Waals surface area (Å²) in [5.41, 5.74) is 1.69. The lowest BCUT2D eigenvalue weighted by atomic mass is 10.1. The average Bonchev–Trinajstić information content (AvgIpc) is 2.91. The van der Waals surface area contributed by atoms with E-state index in [2.05, 4.69) is 11.9 Å². The van der Waals surface area contributed by atoms with Crippen LogP contribution in [0.15, 0.2) is 67.3 Å². The summed E-state index contributed by atoms with van der Waals surface area (Å²) >= 11 is 3.80. The molecule has 1 aliphatic rings. The van der Waals surface area contributed by atoms with Crippen molar-refractivity contribution in [1.29, 1.82) is 0 Å². The second-order valence-corrected chi connectivity index (χ2v) is 11.6. The second kappa shape index (κ2) is 14.4. The number of benzene rings is 2. The van der Waals surface area contributed by atoms with Gasteiger partial charge in [-0.1, -0.05) is 79.6 Å². The Kier molecular flexibility index (Phi) is 11.2. The number of carbonyl (C=O) groups is 3. The number of aryl methyl sites for hydroxylation is 1. The molecule has 0 radical (unpaired) electrons. The molecule has 38 heavy (non-hydrogen) atoms. The molecule has 1 fully saturated rings. The summed E-state index contributed by atoms with van der Waals surface area (Å²) in [7, 11) is 0. The predicted molar refractivity (Wildman–Crippen MR) is 150 cm³/mol. The minimum absolute atomic E-state index is 0.0526. The van der Waals surface area contributed by atoms with Crippen LogP contribution in [0.25, 0.3) is 0 Å². The zero-order valence-corrected chi connectivity index (χ0v) is 23.3. The van der Waals surface area contributed by atoms with Gasteiger partial charge in [0.2, 0.25) is 11.2 Å². The van der Waals surface area contributed by atoms with Gasteiger partial charge in [-0.3, -0.25) is 14.5 Å². The molecule has 1 saturated heterocycles. The molecule has 2 aromatic rings. The zero-order chi connectivity index (χ0) is 27.5. The number of nitrogens with zero attached hydrogens (tertiary/aromatic N) is 1. The number of nitrogens with one attached hydrogen (secondary N) is 1. The van der Waals surface area contributed by atoms with E-state index in [1.165, 1.54) is 23.5 Å². The minimum atomic E-state index is -2.13. The average molecular weight is 559 g/mol. The third kappa shape index (κ3) is 7.40. The SMILES string of the molecule is C=CCOC(=O)C(c1ccccc1)[S+]([O-])C(C)(C(=O)NCCCCCCc1ccc(Cl)cc1)N1CCC1=O. The van der Waals surface area contributed by atoms with Gasteiger partial charge < -0.3 is 14.6 Å². The van der Waals surface area contributed by atoms with Crippen molar-refractivity contribution in [2.45, 2.75) is 55.6 Å². The smallest absolute Gasteiger partial charge is 0.364 e. The van der Waals surface area contributed by atoms with Crippen molar-refractivity contribution in [2.75, 3.05) is 19.7 Å². The maximum Gasteiger partial charge on any atom is 0.364 e. The van der Waals surface area contributed by atoms with Gasteiger partial charge in [0, 0.05) is 48.2 Å². The van der Waals surface area contributed by atoms with Crippen LogP contribution in [0.4, 0.5) is 0 Å². The number of ether oxygens (including phenoxy) is 1. The van der Waals surface area contributed by atoms with E-state index >= 15 is 0 Å². The number of carbonyl (C=O) groups excluding carboxylic acids is 3. The standard InChI is InChI=1S/C29H35ClN2O5S/c1-3-21-37-27(34)26(23-12-8-6-9-13-23)38(36)29(2,32-20-18-25(32)33)28(35)31-19-10-5-4-7-11-22-14-16-24(30)17-15-22/h3,6,8-9,12-17,26H,1,4-5,7,10-11,18-21H2,2H3,(H,31,35). The Labute approximate surface area is 232 Å². The van der Waals surface area contributed by atoms with E-state index in [9.17, 15) is 18.9 Å². The Bertz CT molecular complexity index is 1100. The summed E-state index contributed by atoms with van der Waals surface area (Å²) in [6.45, 7) is 5.64. The predicted octanol–water partition coefficient (Wildman–Crippen LogP) is 4.73. The van der Waals surface area contributed by atoms with Crippen molar-refractivity contribution in [3.63, 3.8) is 0 Å². The lowest BCUT2D eigenvalue weighted by molar-refractivity contribution is -0.150. The number of halogens is 1. The van der Waals surface area contributed by atoms with Gasteiger partial charge in [0.15, 0.2) is 0 Å². The molecule has 2 aromatic carbocycles. The van der Waals surface area contributed by atoms with Crippen LogP contribution in [0.2, 0.25) is 5.02 Å². The van der Waals surface area contributed by atoms with Crippen LogP contribution in [0, 0.1) is 0 Å². The van der Waals surface area contributed by atoms with Crippen molar-refractivity contribution in [1.82, 2.24) is 10.2 Å². The van der Waals surface area contributed by atoms with Crippen molar-refractivity contribution in [3.8, 4) is 0 Å². The number of esters is 1. The fourth-order valence-corrected chi connectivity index (χ4v) is 6.23. The van der Waals surface area contributed by atoms with Crippen LogP contribution in [-0.2, 0) is 36.7 Å². The molecule has 1 N–H and O–H groups in total. The Morgan fingerprint density at radius 3 is 2.45 bits per heavy atom. The first-order valence-electron chi connectivity index (χ1n) is 12.9. The molecule has 3 rings (SSSR count). The lowest BCUT2D eigenvalue weighted by Gasteiger charge is -2.45. The number of likely N-dealkylation sites (tertiary alicyclic amines) is 1. The highest BCUT2D eigenvalue weighted by Gasteiger charge is 2.59. The van der Waals surface area contributed by atoms with Crippen molar-refractivity contribution < 1.29 is 23.7 Å². The highest BCUT2D eigenvalue weighted by molar-refractivity contribution is 7.94. The molecule has 0 aliphatic carbocycles. The monoisotopic (exact) mass is 558 g/mol. The first kappa shape index (κ1) is 29.7. The molecule has 7 nitrogen and oxygen atoms in total. The third-order valence-electron chi connectivity index (χ3n) is 6.64. The molecule has 0 spiro atoms. The fourth-order valence-electron chi connectivity index (χ4n) is 4.33. The van der Waals surface area contributed by atoms with E-state index in [4.69, 9.17) is 16.3 Å². The van der Waals surface area contributed by atoms with E-state index in [1.54, 1.807) is 30.3 Å². The van der Waals surface area contributed by atoms with Crippen LogP contribution in [0.3, 0.4) is 0 Å². The topological polar surface area (TPSA) is 98.8 Å². The summed E-state index contributed by atoms with van der Waals surface area (Å²) in [4.78, 5) is 38.5. The third-order valence-corrected chi connectivity index (χ3v) is 8.98. The quantitative estimate of drug-likeness (QED) is 0.112. The van der Waals surface area contributed by atoms with Gasteiger partial charge in [-0.15, -0.1) is 0 Å². The van der Waals surface area contributed by atoms with Crippen LogP contribution >= 0.6 is 11.6 Å². The van der Waals surface area contributed by atoms with Crippen molar-refractivity contribution in [3.05, 3.63) is 83.4 Å². The van der Waals surface area contributed by atoms with E-state index in [0.29, 0.717) is 18.7 Å². The Morgan fingerprint density at radius 2 is 1.84 bits per heavy atom. The maximum absolute atomic E-state index is 14.0. The Morgan fingerprint density at radius 1 is 1.16 bits per heavy atom. The van der Waals surface area contributed by atoms with E-state index in [0.717, 1.165) is 37.1 Å². The number of unbranched alkanes of at least 4 members (excludes halogenated alkanes) is 3. The highest BCUT2D eigenvalue weighted by atomic mass is 35.5. The largest absolute Gasteiger partial charge is 0.613 e. The Balaban J connectivity index is 1.63. The van der Waals surface area contributed by atoms with Gasteiger partial charge in [0.25, 0.3) is 10.8 Å². The number of β-lactam (4-membered cyclic amide) rings is 1. The molecule has 204 valence electrons. The Hall–Kier alpha value is -2.81. The minimum Gasteiger partial charge on any atom is -0.613 e. The molecule has 0 saturated carbocycles. The number of hydrogen-bond acceptors (Lipinski definition) is 5. The maximum atomic E-state index is 14.0. The van der Waals surface area contributed by atoms with Gasteiger partial charge >= 0.3 is 5.97 Å². The number of rotatable bonds is 15. The number of hydrogen-bond donors (Lipinski definition) is 1. The highest BCUT2D eigenvalue weighted by Crippen LogP contribution is 2.38. The summed E-state index contributed by atoms with van der Waals surface area (Å²) in [5.74, 6) is -1.55. The fraction of sp³-hybridized carbons (Fsp3) is 0.414. The zero-order valence-electron chi connectivity index (χ0n) is 21.7. The van der Waals surface area contributed by atoms with Crippen LogP contribution in [0.5, 0.6) is 0 Å². The van der Waals surface area contributed by atoms with Gasteiger partial charge in [0.05, 0.1) is 0 Å². The van der Waals surface area contributed by atoms with Gasteiger partial charge in [0.1, 0.15) is 6.61 Å². The summed E-state index contributed by atoms with van der Waals surface area (Å²) < 4.78 is 19.3. The normalized spacial score (nSPS) is 16.1. The molecule has 0 aromatic heterocycles. The molecule has 2 amide bonds. The van der Waals surface area contributed by atoms with Gasteiger partial charge in [-0.2, -0.15) is 0 Å². The van der Waals surface area contributed by atoms with Gasteiger partial charge in [-0.25, -0.2) is 4.79 Å². The van der Waals surface area contributed by atoms with Crippen molar-refractivity contribution >= 4 is 40.6 Å². The molecule has 1 heterocycles. The molecule has 3 atom stereocenters. The first-order valence-corrected chi connectivity index (χ1v) is 14.4. The summed E-state index contributed by atoms with van der Waals surface area (Å²) in [6.07, 6.45) is 6.32. The van der Waals surface area contributed by atoms with Crippen LogP contribution in [0.1, 0.15) is 55.4 Å².